The molecule has 0 atom stereocenters. The van der Waals surface area contributed by atoms with E-state index in [1.54, 1.807) is 0 Å². The van der Waals surface area contributed by atoms with Crippen molar-refractivity contribution in [2.45, 2.75) is 6.18 Å². The van der Waals surface area contributed by atoms with Crippen LogP contribution in [0.25, 0.3) is 0 Å². The molecule has 0 radical (unpaired) electrons. The molecule has 1 aromatic carbocycles. The van der Waals surface area contributed by atoms with Crippen LogP contribution in [0.2, 0.25) is 0 Å². The SMILES string of the molecule is F[B-](F)(F)c1ccccc1C(F)(F)F.[K+]. The Kier molecular flexibility index (Phi) is 5.40. The molecule has 0 N–H and O–H groups in total. The first-order valence-electron chi connectivity index (χ1n) is 3.59. The Morgan fingerprint density at radius 2 is 1.40 bits per heavy atom. The number of halogens is 6. The number of hydrogen-bond acceptors (Lipinski definition) is 0. The van der Waals surface area contributed by atoms with Crippen LogP contribution in [-0.2, 0) is 6.18 Å². The average Bonchev–Trinajstić information content (AvgIpc) is 2.01. The summed E-state index contributed by atoms with van der Waals surface area (Å²) in [5.74, 6) is 0. The molecule has 0 saturated heterocycles. The Bertz CT molecular complexity index is 298. The maximum Gasteiger partial charge on any atom is 1.00 e. The molecule has 0 saturated carbocycles. The Balaban J connectivity index is 0.00000196. The van der Waals surface area contributed by atoms with Gasteiger partial charge in [0.1, 0.15) is 0 Å². The number of hydrogen-bond donors (Lipinski definition) is 0. The van der Waals surface area contributed by atoms with Crippen LogP contribution < -0.4 is 56.8 Å². The molecule has 15 heavy (non-hydrogen) atoms. The average molecular weight is 252 g/mol. The minimum Gasteiger partial charge on any atom is -0.445 e. The van der Waals surface area contributed by atoms with Crippen molar-refractivity contribution >= 4 is 12.4 Å². The third-order valence-corrected chi connectivity index (χ3v) is 1.62. The van der Waals surface area contributed by atoms with E-state index in [9.17, 15) is 26.1 Å². The third-order valence-electron chi connectivity index (χ3n) is 1.62. The van der Waals surface area contributed by atoms with Gasteiger partial charge >= 0.3 is 64.5 Å². The van der Waals surface area contributed by atoms with Crippen molar-refractivity contribution in [3.63, 3.8) is 0 Å². The molecule has 0 unspecified atom stereocenters. The first-order chi connectivity index (χ1) is 6.23. The number of rotatable bonds is 1. The van der Waals surface area contributed by atoms with Gasteiger partial charge in [0.25, 0.3) is 0 Å². The fourth-order valence-electron chi connectivity index (χ4n) is 1.04. The molecule has 0 amide bonds. The molecule has 0 fully saturated rings. The third kappa shape index (κ3) is 4.10. The molecular weight excluding hydrogens is 248 g/mol. The first-order valence-corrected chi connectivity index (χ1v) is 3.59. The van der Waals surface area contributed by atoms with Crippen molar-refractivity contribution < 1.29 is 77.5 Å². The van der Waals surface area contributed by atoms with Crippen LogP contribution in [0.5, 0.6) is 0 Å². The van der Waals surface area contributed by atoms with Crippen molar-refractivity contribution in [3.8, 4) is 0 Å². The summed E-state index contributed by atoms with van der Waals surface area (Å²) in [6.45, 7) is -5.62. The summed E-state index contributed by atoms with van der Waals surface area (Å²) in [5, 5.41) is 0. The minimum absolute atomic E-state index is 0. The van der Waals surface area contributed by atoms with E-state index in [1.807, 2.05) is 0 Å². The van der Waals surface area contributed by atoms with E-state index < -0.39 is 24.2 Å². The zero-order valence-corrected chi connectivity index (χ0v) is 10.8. The van der Waals surface area contributed by atoms with Gasteiger partial charge < -0.3 is 12.9 Å². The molecule has 0 aromatic heterocycles. The largest absolute Gasteiger partial charge is 1.00 e. The smallest absolute Gasteiger partial charge is 0.445 e. The van der Waals surface area contributed by atoms with E-state index >= 15 is 0 Å². The fraction of sp³-hybridized carbons (Fsp3) is 0.143. The van der Waals surface area contributed by atoms with Crippen molar-refractivity contribution in [2.24, 2.45) is 0 Å². The minimum atomic E-state index is -5.62. The van der Waals surface area contributed by atoms with E-state index in [4.69, 9.17) is 0 Å². The Hall–Kier alpha value is 0.501. The van der Waals surface area contributed by atoms with E-state index in [0.29, 0.717) is 12.1 Å². The molecule has 1 rings (SSSR count). The van der Waals surface area contributed by atoms with E-state index in [0.717, 1.165) is 12.1 Å². The first kappa shape index (κ1) is 15.5. The van der Waals surface area contributed by atoms with Crippen molar-refractivity contribution in [3.05, 3.63) is 29.8 Å². The van der Waals surface area contributed by atoms with Crippen molar-refractivity contribution in [1.82, 2.24) is 0 Å². The molecule has 78 valence electrons. The molecule has 0 nitrogen and oxygen atoms in total. The van der Waals surface area contributed by atoms with Crippen LogP contribution in [0.15, 0.2) is 24.3 Å². The van der Waals surface area contributed by atoms with Crippen LogP contribution in [0.3, 0.4) is 0 Å². The van der Waals surface area contributed by atoms with Crippen LogP contribution in [0, 0.1) is 0 Å². The summed E-state index contributed by atoms with van der Waals surface area (Å²) in [5.41, 5.74) is -3.23. The normalized spacial score (nSPS) is 12.1. The molecule has 8 heteroatoms. The maximum absolute atomic E-state index is 12.1. The summed E-state index contributed by atoms with van der Waals surface area (Å²) in [4.78, 5) is 0. The summed E-state index contributed by atoms with van der Waals surface area (Å²) < 4.78 is 72.7. The zero-order chi connectivity index (χ0) is 11.0. The van der Waals surface area contributed by atoms with Crippen molar-refractivity contribution in [2.75, 3.05) is 0 Å². The molecule has 0 bridgehead atoms. The van der Waals surface area contributed by atoms with Gasteiger partial charge in [0.15, 0.2) is 0 Å². The molecule has 0 aliphatic heterocycles. The molecule has 0 spiro atoms. The van der Waals surface area contributed by atoms with Gasteiger partial charge in [-0.3, -0.25) is 0 Å². The van der Waals surface area contributed by atoms with Gasteiger partial charge in [-0.2, -0.15) is 13.2 Å². The Morgan fingerprint density at radius 1 is 0.933 bits per heavy atom. The second-order valence-electron chi connectivity index (χ2n) is 2.66. The van der Waals surface area contributed by atoms with Gasteiger partial charge in [0.05, 0.1) is 0 Å². The number of benzene rings is 1. The molecule has 0 heterocycles. The molecule has 1 aromatic rings. The standard InChI is InChI=1S/C7H4BF6.K/c9-7(10,11)5-3-1-2-4-6(5)8(12,13)14;/h1-4H;/q-1;+1. The van der Waals surface area contributed by atoms with Crippen LogP contribution in [0.4, 0.5) is 26.1 Å². The Morgan fingerprint density at radius 3 is 1.73 bits per heavy atom. The van der Waals surface area contributed by atoms with Crippen LogP contribution >= 0.6 is 0 Å². The maximum atomic E-state index is 12.1. The molecule has 0 aliphatic carbocycles. The second kappa shape index (κ2) is 5.22. The quantitative estimate of drug-likeness (QED) is 0.478. The zero-order valence-electron chi connectivity index (χ0n) is 7.65. The summed E-state index contributed by atoms with van der Waals surface area (Å²) in [6.07, 6.45) is -4.96. The second-order valence-corrected chi connectivity index (χ2v) is 2.66. The van der Waals surface area contributed by atoms with Crippen LogP contribution in [-0.4, -0.2) is 6.98 Å². The van der Waals surface area contributed by atoms with E-state index in [-0.39, 0.29) is 51.4 Å². The van der Waals surface area contributed by atoms with Gasteiger partial charge in [0.2, 0.25) is 0 Å². The van der Waals surface area contributed by atoms with Gasteiger partial charge in [-0.1, -0.05) is 29.7 Å². The predicted octanol–water partition coefficient (Wildman–Crippen LogP) is -0.236. The molecular formula is C7H4BF6K. The summed E-state index contributed by atoms with van der Waals surface area (Å²) in [7, 11) is 0. The predicted molar refractivity (Wildman–Crippen MR) is 40.2 cm³/mol. The van der Waals surface area contributed by atoms with E-state index in [1.165, 1.54) is 0 Å². The van der Waals surface area contributed by atoms with Gasteiger partial charge in [-0.05, 0) is 0 Å². The molecule has 0 aliphatic rings. The van der Waals surface area contributed by atoms with Gasteiger partial charge in [-0.25, -0.2) is 0 Å². The van der Waals surface area contributed by atoms with Crippen LogP contribution in [0.1, 0.15) is 5.56 Å². The monoisotopic (exact) mass is 252 g/mol. The number of alkyl halides is 3. The summed E-state index contributed by atoms with van der Waals surface area (Å²) >= 11 is 0. The van der Waals surface area contributed by atoms with E-state index in [2.05, 4.69) is 0 Å². The Labute approximate surface area is 125 Å². The summed E-state index contributed by atoms with van der Waals surface area (Å²) in [6, 6.07) is 2.71. The van der Waals surface area contributed by atoms with Gasteiger partial charge in [0, 0.05) is 5.56 Å². The fourth-order valence-corrected chi connectivity index (χ4v) is 1.04. The van der Waals surface area contributed by atoms with Gasteiger partial charge in [-0.15, -0.1) is 0 Å². The topological polar surface area (TPSA) is 0 Å². The van der Waals surface area contributed by atoms with Crippen molar-refractivity contribution in [1.29, 1.82) is 0 Å².